The van der Waals surface area contributed by atoms with E-state index in [9.17, 15) is 0 Å². The Labute approximate surface area is 84.2 Å². The lowest BCUT2D eigenvalue weighted by atomic mass is 11.5. The first-order valence-corrected chi connectivity index (χ1v) is 6.13. The van der Waals surface area contributed by atoms with Crippen LogP contribution in [-0.4, -0.2) is 41.6 Å². The molecule has 0 aromatic rings. The third-order valence-electron chi connectivity index (χ3n) is 1.18. The SMILES string of the molecule is CO[Si](CN)(OC)OC.ClCCl. The van der Waals surface area contributed by atoms with Gasteiger partial charge in [0.25, 0.3) is 0 Å². The van der Waals surface area contributed by atoms with Gasteiger partial charge < -0.3 is 19.0 Å². The molecule has 0 saturated carbocycles. The van der Waals surface area contributed by atoms with Crippen molar-refractivity contribution in [1.29, 1.82) is 0 Å². The summed E-state index contributed by atoms with van der Waals surface area (Å²) in [6.45, 7) is 0. The van der Waals surface area contributed by atoms with E-state index in [4.69, 9.17) is 42.2 Å². The lowest BCUT2D eigenvalue weighted by Gasteiger charge is -2.21. The van der Waals surface area contributed by atoms with Crippen molar-refractivity contribution in [3.05, 3.63) is 0 Å². The minimum Gasteiger partial charge on any atom is -0.376 e. The van der Waals surface area contributed by atoms with Crippen LogP contribution in [0.3, 0.4) is 0 Å². The number of halogens is 2. The van der Waals surface area contributed by atoms with E-state index in [1.165, 1.54) is 21.3 Å². The quantitative estimate of drug-likeness (QED) is 0.579. The van der Waals surface area contributed by atoms with Crippen molar-refractivity contribution in [1.82, 2.24) is 0 Å². The lowest BCUT2D eigenvalue weighted by Crippen LogP contribution is -2.50. The predicted octanol–water partition coefficient (Wildman–Crippen LogP) is 0.784. The molecule has 0 saturated heterocycles. The molecule has 4 nitrogen and oxygen atoms in total. The van der Waals surface area contributed by atoms with Gasteiger partial charge in [0.05, 0.1) is 11.5 Å². The molecule has 0 bridgehead atoms. The molecule has 12 heavy (non-hydrogen) atoms. The third-order valence-corrected chi connectivity index (χ3v) is 3.55. The van der Waals surface area contributed by atoms with Gasteiger partial charge in [-0.3, -0.25) is 0 Å². The van der Waals surface area contributed by atoms with Crippen molar-refractivity contribution in [2.45, 2.75) is 0 Å². The maximum Gasteiger partial charge on any atom is 0.514 e. The highest BCUT2D eigenvalue weighted by Gasteiger charge is 2.35. The smallest absolute Gasteiger partial charge is 0.376 e. The summed E-state index contributed by atoms with van der Waals surface area (Å²) in [6.07, 6.45) is 0.316. The average molecular weight is 236 g/mol. The van der Waals surface area contributed by atoms with Crippen molar-refractivity contribution in [3.8, 4) is 0 Å². The monoisotopic (exact) mass is 235 g/mol. The predicted molar refractivity (Wildman–Crippen MR) is 52.4 cm³/mol. The van der Waals surface area contributed by atoms with Gasteiger partial charge in [-0.1, -0.05) is 0 Å². The molecular formula is C5H15Cl2NO3Si. The van der Waals surface area contributed by atoms with Gasteiger partial charge in [0.2, 0.25) is 0 Å². The first kappa shape index (κ1) is 15.1. The molecule has 0 rings (SSSR count). The zero-order valence-corrected chi connectivity index (χ0v) is 9.98. The molecule has 0 aliphatic carbocycles. The van der Waals surface area contributed by atoms with Gasteiger partial charge in [-0.2, -0.15) is 0 Å². The highest BCUT2D eigenvalue weighted by Crippen LogP contribution is 2.01. The van der Waals surface area contributed by atoms with Gasteiger partial charge in [-0.25, -0.2) is 0 Å². The highest BCUT2D eigenvalue weighted by molar-refractivity contribution is 6.60. The van der Waals surface area contributed by atoms with Crippen LogP contribution in [0.4, 0.5) is 0 Å². The van der Waals surface area contributed by atoms with Gasteiger partial charge in [0, 0.05) is 21.3 Å². The minimum absolute atomic E-state index is 0.194. The molecule has 7 heteroatoms. The van der Waals surface area contributed by atoms with Gasteiger partial charge >= 0.3 is 8.80 Å². The summed E-state index contributed by atoms with van der Waals surface area (Å²) in [6, 6.07) is 0. The Bertz CT molecular complexity index is 77.3. The molecule has 0 amide bonds. The molecule has 0 aromatic heterocycles. The summed E-state index contributed by atoms with van der Waals surface area (Å²) in [4.78, 5) is 0. The number of alkyl halides is 2. The van der Waals surface area contributed by atoms with E-state index in [0.717, 1.165) is 0 Å². The van der Waals surface area contributed by atoms with Crippen LogP contribution in [0.15, 0.2) is 0 Å². The summed E-state index contributed by atoms with van der Waals surface area (Å²) in [5, 5.41) is 0.194. The Balaban J connectivity index is 0. The summed E-state index contributed by atoms with van der Waals surface area (Å²) in [5.74, 6) is 0. The molecule has 76 valence electrons. The van der Waals surface area contributed by atoms with Crippen molar-refractivity contribution in [2.75, 3.05) is 32.8 Å². The Morgan fingerprint density at radius 2 is 1.33 bits per heavy atom. The molecule has 0 aromatic carbocycles. The number of rotatable bonds is 4. The summed E-state index contributed by atoms with van der Waals surface area (Å²) >= 11 is 9.53. The first-order chi connectivity index (χ1) is 5.66. The molecule has 0 spiro atoms. The fraction of sp³-hybridized carbons (Fsp3) is 1.00. The Morgan fingerprint density at radius 1 is 1.08 bits per heavy atom. The molecule has 2 N–H and O–H groups in total. The van der Waals surface area contributed by atoms with Crippen molar-refractivity contribution in [3.63, 3.8) is 0 Å². The van der Waals surface area contributed by atoms with Crippen LogP contribution in [0, 0.1) is 0 Å². The van der Waals surface area contributed by atoms with Crippen LogP contribution in [0.2, 0.25) is 0 Å². The second kappa shape index (κ2) is 9.72. The lowest BCUT2D eigenvalue weighted by molar-refractivity contribution is 0.125. The van der Waals surface area contributed by atoms with E-state index in [2.05, 4.69) is 0 Å². The molecule has 0 fully saturated rings. The number of nitrogens with two attached hydrogens (primary N) is 1. The third kappa shape index (κ3) is 6.19. The zero-order valence-electron chi connectivity index (χ0n) is 7.47. The van der Waals surface area contributed by atoms with E-state index in [1.807, 2.05) is 0 Å². The Morgan fingerprint density at radius 3 is 1.33 bits per heavy atom. The normalized spacial score (nSPS) is 10.5. The number of hydrogen-bond acceptors (Lipinski definition) is 4. The van der Waals surface area contributed by atoms with Gasteiger partial charge in [0.1, 0.15) is 0 Å². The largest absolute Gasteiger partial charge is 0.514 e. The highest BCUT2D eigenvalue weighted by atomic mass is 35.5. The maximum atomic E-state index is 5.33. The molecule has 0 radical (unpaired) electrons. The van der Waals surface area contributed by atoms with E-state index in [1.54, 1.807) is 0 Å². The first-order valence-electron chi connectivity index (χ1n) is 3.13. The second-order valence-corrected chi connectivity index (χ2v) is 5.41. The molecule has 0 unspecified atom stereocenters. The Hall–Kier alpha value is 0.637. The summed E-state index contributed by atoms with van der Waals surface area (Å²) in [7, 11) is 2.19. The van der Waals surface area contributed by atoms with E-state index in [0.29, 0.717) is 6.17 Å². The van der Waals surface area contributed by atoms with E-state index < -0.39 is 8.80 Å². The van der Waals surface area contributed by atoms with Crippen LogP contribution in [-0.2, 0) is 13.3 Å². The standard InChI is InChI=1S/C4H13NO3Si.CH2Cl2/c1-6-9(4-5,7-2)8-3;2-1-3/h4-5H2,1-3H3;1H2. The molecule has 0 aliphatic heterocycles. The van der Waals surface area contributed by atoms with Crippen LogP contribution in [0.5, 0.6) is 0 Å². The fourth-order valence-electron chi connectivity index (χ4n) is 0.500. The molecule has 0 heterocycles. The van der Waals surface area contributed by atoms with Crippen LogP contribution >= 0.6 is 23.2 Å². The van der Waals surface area contributed by atoms with Crippen molar-refractivity contribution >= 4 is 32.0 Å². The number of hydrogen-bond donors (Lipinski definition) is 1. The summed E-state index contributed by atoms with van der Waals surface area (Å²) in [5.41, 5.74) is 5.33. The summed E-state index contributed by atoms with van der Waals surface area (Å²) < 4.78 is 14.9. The molecule has 0 aliphatic rings. The topological polar surface area (TPSA) is 53.7 Å². The van der Waals surface area contributed by atoms with Crippen molar-refractivity contribution in [2.24, 2.45) is 5.73 Å². The zero-order chi connectivity index (χ0) is 10.0. The minimum atomic E-state index is -2.41. The second-order valence-electron chi connectivity index (χ2n) is 1.60. The van der Waals surface area contributed by atoms with E-state index >= 15 is 0 Å². The fourth-order valence-corrected chi connectivity index (χ4v) is 1.50. The van der Waals surface area contributed by atoms with Crippen molar-refractivity contribution < 1.29 is 13.3 Å². The van der Waals surface area contributed by atoms with Gasteiger partial charge in [0.15, 0.2) is 0 Å². The van der Waals surface area contributed by atoms with Crippen LogP contribution in [0.1, 0.15) is 0 Å². The van der Waals surface area contributed by atoms with E-state index in [-0.39, 0.29) is 5.34 Å². The van der Waals surface area contributed by atoms with Gasteiger partial charge in [-0.15, -0.1) is 23.2 Å². The molecular weight excluding hydrogens is 221 g/mol. The van der Waals surface area contributed by atoms with Gasteiger partial charge in [-0.05, 0) is 0 Å². The maximum absolute atomic E-state index is 5.33. The van der Waals surface area contributed by atoms with Crippen LogP contribution < -0.4 is 5.73 Å². The molecule has 0 atom stereocenters. The Kier molecular flexibility index (Phi) is 12.3. The van der Waals surface area contributed by atoms with Crippen LogP contribution in [0.25, 0.3) is 0 Å². The average Bonchev–Trinajstić information content (AvgIpc) is 2.11.